The molecule has 0 spiro atoms. The summed E-state index contributed by atoms with van der Waals surface area (Å²) in [6.07, 6.45) is 1.56. The molecule has 1 aromatic heterocycles. The molecule has 30 heavy (non-hydrogen) atoms. The van der Waals surface area contributed by atoms with Crippen LogP contribution in [0.15, 0.2) is 35.6 Å². The molecular weight excluding hydrogens is 491 g/mol. The Morgan fingerprint density at radius 2 is 1.67 bits per heavy atom. The Morgan fingerprint density at radius 3 is 2.27 bits per heavy atom. The van der Waals surface area contributed by atoms with Crippen molar-refractivity contribution in [2.45, 2.75) is 33.5 Å². The lowest BCUT2D eigenvalue weighted by atomic mass is 10.1. The number of halogens is 1. The van der Waals surface area contributed by atoms with Crippen molar-refractivity contribution in [3.05, 3.63) is 47.5 Å². The minimum Gasteiger partial charge on any atom is -0.357 e. The van der Waals surface area contributed by atoms with E-state index in [1.807, 2.05) is 7.05 Å². The number of piperazine rings is 1. The highest BCUT2D eigenvalue weighted by molar-refractivity contribution is 14.0. The van der Waals surface area contributed by atoms with E-state index in [1.54, 1.807) is 11.0 Å². The van der Waals surface area contributed by atoms with Gasteiger partial charge < -0.3 is 15.5 Å². The summed E-state index contributed by atoms with van der Waals surface area (Å²) in [7, 11) is 1.89. The molecule has 1 aromatic carbocycles. The molecule has 0 amide bonds. The van der Waals surface area contributed by atoms with E-state index in [4.69, 9.17) is 4.99 Å². The molecule has 3 rings (SSSR count). The molecule has 2 N–H and O–H groups in total. The Morgan fingerprint density at radius 1 is 1.00 bits per heavy atom. The van der Waals surface area contributed by atoms with Crippen LogP contribution in [0.3, 0.4) is 0 Å². The summed E-state index contributed by atoms with van der Waals surface area (Å²) >= 11 is 0. The molecule has 0 saturated carbocycles. The lowest BCUT2D eigenvalue weighted by Crippen LogP contribution is -2.45. The standard InChI is InChI=1S/C21H34N8.HI/c1-4-22-21(24-15-20-25-17-26-27(20)3)23-14-18-6-8-19(9-7-18)16-29-12-10-28(5-2)11-13-29;/h6-9,17H,4-5,10-16H2,1-3H3,(H2,22,23,24);1H. The van der Waals surface area contributed by atoms with Gasteiger partial charge in [0, 0.05) is 46.3 Å². The number of aryl methyl sites for hydroxylation is 1. The summed E-state index contributed by atoms with van der Waals surface area (Å²) in [5, 5.41) is 10.7. The smallest absolute Gasteiger partial charge is 0.191 e. The maximum absolute atomic E-state index is 4.70. The third-order valence-corrected chi connectivity index (χ3v) is 5.32. The number of benzene rings is 1. The van der Waals surface area contributed by atoms with E-state index in [9.17, 15) is 0 Å². The third-order valence-electron chi connectivity index (χ3n) is 5.32. The molecule has 2 heterocycles. The second-order valence-corrected chi connectivity index (χ2v) is 7.38. The minimum absolute atomic E-state index is 0. The van der Waals surface area contributed by atoms with Crippen molar-refractivity contribution in [2.24, 2.45) is 12.0 Å². The summed E-state index contributed by atoms with van der Waals surface area (Å²) in [4.78, 5) is 14.0. The van der Waals surface area contributed by atoms with Crippen molar-refractivity contribution in [1.82, 2.24) is 35.2 Å². The zero-order chi connectivity index (χ0) is 20.5. The summed E-state index contributed by atoms with van der Waals surface area (Å²) in [5.74, 6) is 1.66. The van der Waals surface area contributed by atoms with Crippen LogP contribution in [0.2, 0.25) is 0 Å². The van der Waals surface area contributed by atoms with E-state index in [2.05, 4.69) is 68.6 Å². The molecule has 1 aliphatic heterocycles. The fourth-order valence-electron chi connectivity index (χ4n) is 3.43. The molecule has 0 aliphatic carbocycles. The Labute approximate surface area is 197 Å². The number of rotatable bonds is 8. The number of guanidine groups is 1. The van der Waals surface area contributed by atoms with E-state index in [1.165, 1.54) is 24.2 Å². The number of nitrogens with one attached hydrogen (secondary N) is 2. The van der Waals surface area contributed by atoms with Gasteiger partial charge >= 0.3 is 0 Å². The number of aliphatic imine (C=N–C) groups is 1. The Kier molecular flexibility index (Phi) is 10.5. The maximum atomic E-state index is 4.70. The molecule has 2 aromatic rings. The van der Waals surface area contributed by atoms with Crippen molar-refractivity contribution in [3.63, 3.8) is 0 Å². The molecule has 0 atom stereocenters. The maximum Gasteiger partial charge on any atom is 0.191 e. The predicted octanol–water partition coefficient (Wildman–Crippen LogP) is 1.83. The Bertz CT molecular complexity index is 766. The van der Waals surface area contributed by atoms with Gasteiger partial charge in [0.05, 0.1) is 13.1 Å². The average Bonchev–Trinajstić information content (AvgIpc) is 3.16. The first-order chi connectivity index (χ1) is 14.2. The van der Waals surface area contributed by atoms with Crippen LogP contribution in [0.5, 0.6) is 0 Å². The summed E-state index contributed by atoms with van der Waals surface area (Å²) < 4.78 is 1.76. The summed E-state index contributed by atoms with van der Waals surface area (Å²) in [6, 6.07) is 8.84. The lowest BCUT2D eigenvalue weighted by molar-refractivity contribution is 0.132. The lowest BCUT2D eigenvalue weighted by Gasteiger charge is -2.34. The molecular formula is C21H35IN8. The zero-order valence-electron chi connectivity index (χ0n) is 18.3. The SMILES string of the molecule is CCNC(=NCc1ccc(CN2CCN(CC)CC2)cc1)NCc1ncnn1C.I. The molecule has 1 saturated heterocycles. The number of hydrogen-bond acceptors (Lipinski definition) is 5. The predicted molar refractivity (Wildman–Crippen MR) is 132 cm³/mol. The summed E-state index contributed by atoms with van der Waals surface area (Å²) in [6.45, 7) is 13.2. The van der Waals surface area contributed by atoms with E-state index >= 15 is 0 Å². The van der Waals surface area contributed by atoms with Crippen LogP contribution >= 0.6 is 24.0 Å². The second-order valence-electron chi connectivity index (χ2n) is 7.38. The normalized spacial score (nSPS) is 15.6. The van der Waals surface area contributed by atoms with Crippen molar-refractivity contribution in [1.29, 1.82) is 0 Å². The van der Waals surface area contributed by atoms with Crippen molar-refractivity contribution < 1.29 is 0 Å². The molecule has 0 bridgehead atoms. The Balaban J connectivity index is 0.00000320. The molecule has 0 unspecified atom stereocenters. The van der Waals surface area contributed by atoms with Gasteiger partial charge in [-0.1, -0.05) is 31.2 Å². The van der Waals surface area contributed by atoms with Gasteiger partial charge in [-0.25, -0.2) is 9.98 Å². The number of hydrogen-bond donors (Lipinski definition) is 2. The van der Waals surface area contributed by atoms with Crippen LogP contribution in [0.4, 0.5) is 0 Å². The van der Waals surface area contributed by atoms with Gasteiger partial charge in [-0.05, 0) is 24.6 Å². The van der Waals surface area contributed by atoms with Gasteiger partial charge in [0.25, 0.3) is 0 Å². The highest BCUT2D eigenvalue weighted by atomic mass is 127. The fourth-order valence-corrected chi connectivity index (χ4v) is 3.43. The van der Waals surface area contributed by atoms with E-state index in [0.29, 0.717) is 13.1 Å². The third kappa shape index (κ3) is 7.51. The highest BCUT2D eigenvalue weighted by Crippen LogP contribution is 2.11. The van der Waals surface area contributed by atoms with Crippen LogP contribution in [0.1, 0.15) is 30.8 Å². The van der Waals surface area contributed by atoms with Crippen LogP contribution < -0.4 is 10.6 Å². The zero-order valence-corrected chi connectivity index (χ0v) is 20.7. The van der Waals surface area contributed by atoms with Crippen molar-refractivity contribution in [3.8, 4) is 0 Å². The fraction of sp³-hybridized carbons (Fsp3) is 0.571. The molecule has 0 radical (unpaired) electrons. The van der Waals surface area contributed by atoms with Crippen LogP contribution in [-0.4, -0.2) is 69.8 Å². The molecule has 1 fully saturated rings. The molecule has 8 nitrogen and oxygen atoms in total. The van der Waals surface area contributed by atoms with Gasteiger partial charge in [-0.3, -0.25) is 9.58 Å². The largest absolute Gasteiger partial charge is 0.357 e. The number of likely N-dealkylation sites (N-methyl/N-ethyl adjacent to an activating group) is 1. The van der Waals surface area contributed by atoms with E-state index in [-0.39, 0.29) is 24.0 Å². The molecule has 166 valence electrons. The van der Waals surface area contributed by atoms with Gasteiger partial charge in [0.1, 0.15) is 12.2 Å². The number of aromatic nitrogens is 3. The van der Waals surface area contributed by atoms with E-state index < -0.39 is 0 Å². The van der Waals surface area contributed by atoms with Crippen molar-refractivity contribution >= 4 is 29.9 Å². The topological polar surface area (TPSA) is 73.6 Å². The quantitative estimate of drug-likeness (QED) is 0.311. The first kappa shape index (κ1) is 24.5. The van der Waals surface area contributed by atoms with Gasteiger partial charge in [-0.15, -0.1) is 24.0 Å². The van der Waals surface area contributed by atoms with Crippen LogP contribution in [0, 0.1) is 0 Å². The second kappa shape index (κ2) is 12.9. The first-order valence-corrected chi connectivity index (χ1v) is 10.6. The van der Waals surface area contributed by atoms with E-state index in [0.717, 1.165) is 44.5 Å². The van der Waals surface area contributed by atoms with Gasteiger partial charge in [0.2, 0.25) is 0 Å². The van der Waals surface area contributed by atoms with Gasteiger partial charge in [-0.2, -0.15) is 5.10 Å². The van der Waals surface area contributed by atoms with Crippen LogP contribution in [0.25, 0.3) is 0 Å². The number of nitrogens with zero attached hydrogens (tertiary/aromatic N) is 6. The minimum atomic E-state index is 0. The van der Waals surface area contributed by atoms with Gasteiger partial charge in [0.15, 0.2) is 5.96 Å². The average molecular weight is 526 g/mol. The Hall–Kier alpha value is -1.72. The molecule has 1 aliphatic rings. The molecule has 9 heteroatoms. The van der Waals surface area contributed by atoms with Crippen LogP contribution in [-0.2, 0) is 26.7 Å². The first-order valence-electron chi connectivity index (χ1n) is 10.6. The highest BCUT2D eigenvalue weighted by Gasteiger charge is 2.15. The van der Waals surface area contributed by atoms with Crippen molar-refractivity contribution in [2.75, 3.05) is 39.3 Å². The summed E-state index contributed by atoms with van der Waals surface area (Å²) in [5.41, 5.74) is 2.58. The monoisotopic (exact) mass is 526 g/mol.